The molecule has 5 heteroatoms. The molecule has 0 saturated carbocycles. The van der Waals surface area contributed by atoms with Crippen molar-refractivity contribution in [2.45, 2.75) is 13.3 Å². The zero-order valence-corrected chi connectivity index (χ0v) is 7.86. The monoisotopic (exact) mass is 193 g/mol. The van der Waals surface area contributed by atoms with E-state index in [1.807, 2.05) is 13.0 Å². The number of hydrogen-bond donors (Lipinski definition) is 1. The largest absolute Gasteiger partial charge is 0.461 e. The molecule has 0 saturated heterocycles. The Labute approximate surface area is 80.9 Å². The zero-order valence-electron chi connectivity index (χ0n) is 7.86. The second-order valence-corrected chi connectivity index (χ2v) is 2.98. The van der Waals surface area contributed by atoms with Gasteiger partial charge in [0.05, 0.1) is 6.26 Å². The molecule has 0 fully saturated rings. The number of rotatable bonds is 3. The minimum absolute atomic E-state index is 0.482. The fraction of sp³-hybridized carbons (Fsp3) is 0.333. The lowest BCUT2D eigenvalue weighted by atomic mass is 10.3. The van der Waals surface area contributed by atoms with Crippen molar-refractivity contribution in [2.24, 2.45) is 5.73 Å². The van der Waals surface area contributed by atoms with Crippen molar-refractivity contribution in [3.05, 3.63) is 23.8 Å². The van der Waals surface area contributed by atoms with Crippen LogP contribution in [0.3, 0.4) is 0 Å². The van der Waals surface area contributed by atoms with Crippen LogP contribution < -0.4 is 5.73 Å². The summed E-state index contributed by atoms with van der Waals surface area (Å²) in [5.74, 6) is 1.67. The molecule has 0 spiro atoms. The summed E-state index contributed by atoms with van der Waals surface area (Å²) in [4.78, 5) is 4.15. The first-order valence-electron chi connectivity index (χ1n) is 4.38. The summed E-state index contributed by atoms with van der Waals surface area (Å²) in [5, 5.41) is 3.80. The van der Waals surface area contributed by atoms with Crippen molar-refractivity contribution >= 4 is 0 Å². The molecule has 5 nitrogen and oxygen atoms in total. The number of aryl methyl sites for hydroxylation is 1. The Bertz CT molecular complexity index is 419. The van der Waals surface area contributed by atoms with Gasteiger partial charge < -0.3 is 14.7 Å². The SMILES string of the molecule is Cc1ccoc1-c1noc(CCN)n1. The van der Waals surface area contributed by atoms with Crippen LogP contribution in [0.1, 0.15) is 11.5 Å². The Balaban J connectivity index is 2.29. The molecule has 14 heavy (non-hydrogen) atoms. The molecule has 0 aliphatic carbocycles. The van der Waals surface area contributed by atoms with Gasteiger partial charge in [-0.1, -0.05) is 5.16 Å². The number of nitrogens with two attached hydrogens (primary N) is 1. The lowest BCUT2D eigenvalue weighted by Crippen LogP contribution is -2.02. The summed E-state index contributed by atoms with van der Waals surface area (Å²) in [5.41, 5.74) is 6.36. The van der Waals surface area contributed by atoms with E-state index in [2.05, 4.69) is 10.1 Å². The quantitative estimate of drug-likeness (QED) is 0.790. The smallest absolute Gasteiger partial charge is 0.238 e. The van der Waals surface area contributed by atoms with Crippen LogP contribution >= 0.6 is 0 Å². The molecule has 0 aromatic carbocycles. The van der Waals surface area contributed by atoms with Crippen LogP contribution in [0.25, 0.3) is 11.6 Å². The third kappa shape index (κ3) is 1.54. The summed E-state index contributed by atoms with van der Waals surface area (Å²) in [6, 6.07) is 1.86. The van der Waals surface area contributed by atoms with E-state index in [-0.39, 0.29) is 0 Å². The Morgan fingerprint density at radius 3 is 3.00 bits per heavy atom. The van der Waals surface area contributed by atoms with E-state index in [1.54, 1.807) is 6.26 Å². The Kier molecular flexibility index (Phi) is 2.32. The van der Waals surface area contributed by atoms with Gasteiger partial charge in [-0.3, -0.25) is 0 Å². The van der Waals surface area contributed by atoms with Crippen molar-refractivity contribution in [3.63, 3.8) is 0 Å². The van der Waals surface area contributed by atoms with Gasteiger partial charge in [-0.2, -0.15) is 4.98 Å². The van der Waals surface area contributed by atoms with Crippen molar-refractivity contribution < 1.29 is 8.94 Å². The van der Waals surface area contributed by atoms with Gasteiger partial charge in [-0.15, -0.1) is 0 Å². The van der Waals surface area contributed by atoms with Crippen molar-refractivity contribution in [1.29, 1.82) is 0 Å². The highest BCUT2D eigenvalue weighted by Gasteiger charge is 2.12. The molecule has 0 radical (unpaired) electrons. The number of furan rings is 1. The van der Waals surface area contributed by atoms with Crippen molar-refractivity contribution in [2.75, 3.05) is 6.54 Å². The number of nitrogens with zero attached hydrogens (tertiary/aromatic N) is 2. The number of aromatic nitrogens is 2. The van der Waals surface area contributed by atoms with Crippen LogP contribution in [-0.4, -0.2) is 16.7 Å². The van der Waals surface area contributed by atoms with Crippen LogP contribution in [0, 0.1) is 6.92 Å². The topological polar surface area (TPSA) is 78.1 Å². The maximum absolute atomic E-state index is 5.37. The van der Waals surface area contributed by atoms with Gasteiger partial charge in [-0.25, -0.2) is 0 Å². The molecule has 0 bridgehead atoms. The van der Waals surface area contributed by atoms with Crippen LogP contribution in [0.15, 0.2) is 21.3 Å². The predicted octanol–water partition coefficient (Wildman–Crippen LogP) is 1.14. The zero-order chi connectivity index (χ0) is 9.97. The average Bonchev–Trinajstić information content (AvgIpc) is 2.74. The molecule has 0 aliphatic heterocycles. The van der Waals surface area contributed by atoms with E-state index in [0.717, 1.165) is 5.56 Å². The van der Waals surface area contributed by atoms with Crippen LogP contribution in [0.5, 0.6) is 0 Å². The normalized spacial score (nSPS) is 10.7. The second-order valence-electron chi connectivity index (χ2n) is 2.98. The Morgan fingerprint density at radius 2 is 2.36 bits per heavy atom. The van der Waals surface area contributed by atoms with E-state index in [1.165, 1.54) is 0 Å². The van der Waals surface area contributed by atoms with Gasteiger partial charge in [0.15, 0.2) is 5.76 Å². The lowest BCUT2D eigenvalue weighted by Gasteiger charge is -1.87. The van der Waals surface area contributed by atoms with Crippen LogP contribution in [0.4, 0.5) is 0 Å². The van der Waals surface area contributed by atoms with Gasteiger partial charge in [0.1, 0.15) is 0 Å². The summed E-state index contributed by atoms with van der Waals surface area (Å²) in [6.07, 6.45) is 2.19. The molecular weight excluding hydrogens is 182 g/mol. The predicted molar refractivity (Wildman–Crippen MR) is 49.5 cm³/mol. The lowest BCUT2D eigenvalue weighted by molar-refractivity contribution is 0.379. The average molecular weight is 193 g/mol. The molecule has 2 rings (SSSR count). The Morgan fingerprint density at radius 1 is 1.50 bits per heavy atom. The van der Waals surface area contributed by atoms with Crippen molar-refractivity contribution in [3.8, 4) is 11.6 Å². The molecule has 0 unspecified atom stereocenters. The highest BCUT2D eigenvalue weighted by molar-refractivity contribution is 5.50. The highest BCUT2D eigenvalue weighted by atomic mass is 16.5. The maximum Gasteiger partial charge on any atom is 0.238 e. The molecule has 0 amide bonds. The van der Waals surface area contributed by atoms with E-state index in [9.17, 15) is 0 Å². The molecule has 2 aromatic rings. The molecule has 2 heterocycles. The van der Waals surface area contributed by atoms with E-state index in [4.69, 9.17) is 14.7 Å². The molecule has 74 valence electrons. The minimum Gasteiger partial charge on any atom is -0.461 e. The third-order valence-electron chi connectivity index (χ3n) is 1.89. The first kappa shape index (κ1) is 8.96. The fourth-order valence-electron chi connectivity index (χ4n) is 1.17. The van der Waals surface area contributed by atoms with Crippen LogP contribution in [0.2, 0.25) is 0 Å². The Hall–Kier alpha value is -1.62. The van der Waals surface area contributed by atoms with E-state index < -0.39 is 0 Å². The van der Waals surface area contributed by atoms with E-state index in [0.29, 0.717) is 30.4 Å². The highest BCUT2D eigenvalue weighted by Crippen LogP contribution is 2.20. The van der Waals surface area contributed by atoms with Gasteiger partial charge in [0.25, 0.3) is 0 Å². The first-order valence-corrected chi connectivity index (χ1v) is 4.38. The maximum atomic E-state index is 5.37. The molecule has 2 N–H and O–H groups in total. The summed E-state index contributed by atoms with van der Waals surface area (Å²) >= 11 is 0. The van der Waals surface area contributed by atoms with Gasteiger partial charge in [0, 0.05) is 13.0 Å². The summed E-state index contributed by atoms with van der Waals surface area (Å²) in [7, 11) is 0. The minimum atomic E-state index is 0.482. The van der Waals surface area contributed by atoms with Crippen molar-refractivity contribution in [1.82, 2.24) is 10.1 Å². The number of hydrogen-bond acceptors (Lipinski definition) is 5. The standard InChI is InChI=1S/C9H11N3O2/c1-6-3-5-13-8(6)9-11-7(2-4-10)14-12-9/h3,5H,2,4,10H2,1H3. The molecule has 0 atom stereocenters. The third-order valence-corrected chi connectivity index (χ3v) is 1.89. The first-order chi connectivity index (χ1) is 6.81. The summed E-state index contributed by atoms with van der Waals surface area (Å²) < 4.78 is 10.2. The van der Waals surface area contributed by atoms with E-state index >= 15 is 0 Å². The fourth-order valence-corrected chi connectivity index (χ4v) is 1.17. The molecule has 0 aliphatic rings. The second kappa shape index (κ2) is 3.63. The van der Waals surface area contributed by atoms with Gasteiger partial charge in [0.2, 0.25) is 11.7 Å². The molecular formula is C9H11N3O2. The van der Waals surface area contributed by atoms with Crippen LogP contribution in [-0.2, 0) is 6.42 Å². The van der Waals surface area contributed by atoms with Gasteiger partial charge in [-0.05, 0) is 18.6 Å². The molecule has 2 aromatic heterocycles. The summed E-state index contributed by atoms with van der Waals surface area (Å²) in [6.45, 7) is 2.43. The van der Waals surface area contributed by atoms with Gasteiger partial charge >= 0.3 is 0 Å².